The zero-order valence-corrected chi connectivity index (χ0v) is 10.3. The zero-order chi connectivity index (χ0) is 12.8. The van der Waals surface area contributed by atoms with Crippen LogP contribution in [0.3, 0.4) is 0 Å². The summed E-state index contributed by atoms with van der Waals surface area (Å²) in [6.07, 6.45) is 2.39. The van der Waals surface area contributed by atoms with Crippen molar-refractivity contribution in [3.05, 3.63) is 18.2 Å². The Hall–Kier alpha value is -2.25. The fourth-order valence-corrected chi connectivity index (χ4v) is 1.34. The maximum atomic E-state index is 5.43. The molecule has 1 unspecified atom stereocenters. The SMILES string of the molecule is CCCOc1cc(NC(C)c2nn[nH]n2)ncn1. The Labute approximate surface area is 104 Å². The third kappa shape index (κ3) is 3.12. The van der Waals surface area contributed by atoms with Gasteiger partial charge in [0, 0.05) is 6.07 Å². The van der Waals surface area contributed by atoms with Crippen molar-refractivity contribution in [2.45, 2.75) is 26.3 Å². The number of rotatable bonds is 6. The molecule has 0 amide bonds. The first kappa shape index (κ1) is 12.2. The van der Waals surface area contributed by atoms with E-state index in [-0.39, 0.29) is 6.04 Å². The molecule has 0 spiro atoms. The van der Waals surface area contributed by atoms with Gasteiger partial charge in [-0.25, -0.2) is 9.97 Å². The van der Waals surface area contributed by atoms with Gasteiger partial charge in [0.05, 0.1) is 12.6 Å². The monoisotopic (exact) mass is 249 g/mol. The first-order chi connectivity index (χ1) is 8.79. The number of hydrogen-bond donors (Lipinski definition) is 2. The molecule has 0 radical (unpaired) electrons. The third-order valence-electron chi connectivity index (χ3n) is 2.21. The van der Waals surface area contributed by atoms with E-state index >= 15 is 0 Å². The minimum Gasteiger partial charge on any atom is -0.478 e. The van der Waals surface area contributed by atoms with Crippen LogP contribution in [0.15, 0.2) is 12.4 Å². The van der Waals surface area contributed by atoms with Gasteiger partial charge in [-0.05, 0) is 13.3 Å². The van der Waals surface area contributed by atoms with Crippen LogP contribution in [0.4, 0.5) is 5.82 Å². The molecule has 0 aliphatic rings. The normalized spacial score (nSPS) is 12.1. The topological polar surface area (TPSA) is 102 Å². The smallest absolute Gasteiger partial charge is 0.218 e. The number of hydrogen-bond acceptors (Lipinski definition) is 7. The quantitative estimate of drug-likeness (QED) is 0.785. The first-order valence-electron chi connectivity index (χ1n) is 5.74. The predicted molar refractivity (Wildman–Crippen MR) is 64.0 cm³/mol. The van der Waals surface area contributed by atoms with Gasteiger partial charge in [-0.2, -0.15) is 5.21 Å². The summed E-state index contributed by atoms with van der Waals surface area (Å²) in [5.74, 6) is 1.78. The molecule has 8 heteroatoms. The summed E-state index contributed by atoms with van der Waals surface area (Å²) in [6.45, 7) is 4.59. The second kappa shape index (κ2) is 5.89. The van der Waals surface area contributed by atoms with Crippen LogP contribution in [0.1, 0.15) is 32.1 Å². The first-order valence-corrected chi connectivity index (χ1v) is 5.74. The number of H-pyrrole nitrogens is 1. The number of nitrogens with zero attached hydrogens (tertiary/aromatic N) is 5. The molecule has 0 aliphatic heterocycles. The number of ether oxygens (including phenoxy) is 1. The van der Waals surface area contributed by atoms with Crippen LogP contribution < -0.4 is 10.1 Å². The average molecular weight is 249 g/mol. The highest BCUT2D eigenvalue weighted by molar-refractivity contribution is 5.38. The van der Waals surface area contributed by atoms with Crippen LogP contribution in [0, 0.1) is 0 Å². The molecule has 2 heterocycles. The average Bonchev–Trinajstić information content (AvgIpc) is 2.91. The lowest BCUT2D eigenvalue weighted by Crippen LogP contribution is -2.10. The summed E-state index contributed by atoms with van der Waals surface area (Å²) < 4.78 is 5.43. The molecule has 2 rings (SSSR count). The van der Waals surface area contributed by atoms with Crippen molar-refractivity contribution in [3.63, 3.8) is 0 Å². The third-order valence-corrected chi connectivity index (χ3v) is 2.21. The van der Waals surface area contributed by atoms with Gasteiger partial charge in [-0.3, -0.25) is 0 Å². The number of tetrazole rings is 1. The maximum absolute atomic E-state index is 5.43. The van der Waals surface area contributed by atoms with Gasteiger partial charge < -0.3 is 10.1 Å². The summed E-state index contributed by atoms with van der Waals surface area (Å²) in [5.41, 5.74) is 0. The van der Waals surface area contributed by atoms with Crippen LogP contribution in [-0.4, -0.2) is 37.2 Å². The number of anilines is 1. The molecular weight excluding hydrogens is 234 g/mol. The Kier molecular flexibility index (Phi) is 4.00. The highest BCUT2D eigenvalue weighted by atomic mass is 16.5. The number of aromatic nitrogens is 6. The molecule has 2 aromatic rings. The van der Waals surface area contributed by atoms with E-state index in [2.05, 4.69) is 35.9 Å². The van der Waals surface area contributed by atoms with Crippen molar-refractivity contribution < 1.29 is 4.74 Å². The molecule has 0 saturated heterocycles. The second-order valence-electron chi connectivity index (χ2n) is 3.73. The Morgan fingerprint density at radius 1 is 1.44 bits per heavy atom. The second-order valence-corrected chi connectivity index (χ2v) is 3.73. The Bertz CT molecular complexity index is 473. The van der Waals surface area contributed by atoms with Gasteiger partial charge in [0.25, 0.3) is 0 Å². The van der Waals surface area contributed by atoms with Crippen molar-refractivity contribution in [3.8, 4) is 5.88 Å². The van der Waals surface area contributed by atoms with Crippen molar-refractivity contribution >= 4 is 5.82 Å². The highest BCUT2D eigenvalue weighted by Gasteiger charge is 2.11. The van der Waals surface area contributed by atoms with Gasteiger partial charge >= 0.3 is 0 Å². The fourth-order valence-electron chi connectivity index (χ4n) is 1.34. The molecule has 0 aromatic carbocycles. The molecular formula is C10H15N7O. The maximum Gasteiger partial charge on any atom is 0.218 e. The van der Waals surface area contributed by atoms with E-state index in [1.165, 1.54) is 6.33 Å². The van der Waals surface area contributed by atoms with Gasteiger partial charge in [0.15, 0.2) is 5.82 Å². The molecule has 0 aliphatic carbocycles. The minimum atomic E-state index is -0.0994. The molecule has 2 N–H and O–H groups in total. The molecule has 0 bridgehead atoms. The van der Waals surface area contributed by atoms with Gasteiger partial charge in [-0.1, -0.05) is 12.1 Å². The molecule has 18 heavy (non-hydrogen) atoms. The number of nitrogens with one attached hydrogen (secondary N) is 2. The van der Waals surface area contributed by atoms with E-state index in [1.807, 2.05) is 13.8 Å². The summed E-state index contributed by atoms with van der Waals surface area (Å²) in [4.78, 5) is 8.13. The van der Waals surface area contributed by atoms with Gasteiger partial charge in [-0.15, -0.1) is 10.2 Å². The van der Waals surface area contributed by atoms with Crippen molar-refractivity contribution in [2.75, 3.05) is 11.9 Å². The number of aromatic amines is 1. The van der Waals surface area contributed by atoms with E-state index < -0.39 is 0 Å². The molecule has 96 valence electrons. The molecule has 1 atom stereocenters. The summed E-state index contributed by atoms with van der Waals surface area (Å²) in [5, 5.41) is 16.9. The van der Waals surface area contributed by atoms with Crippen LogP contribution >= 0.6 is 0 Å². The zero-order valence-electron chi connectivity index (χ0n) is 10.3. The lowest BCUT2D eigenvalue weighted by atomic mass is 10.3. The van der Waals surface area contributed by atoms with E-state index in [0.29, 0.717) is 24.1 Å². The summed E-state index contributed by atoms with van der Waals surface area (Å²) in [7, 11) is 0. The lowest BCUT2D eigenvalue weighted by Gasteiger charge is -2.11. The Balaban J connectivity index is 2.00. The lowest BCUT2D eigenvalue weighted by molar-refractivity contribution is 0.305. The van der Waals surface area contributed by atoms with Crippen LogP contribution in [0.5, 0.6) is 5.88 Å². The van der Waals surface area contributed by atoms with Gasteiger partial charge in [0.2, 0.25) is 5.88 Å². The van der Waals surface area contributed by atoms with Crippen molar-refractivity contribution in [1.29, 1.82) is 0 Å². The predicted octanol–water partition coefficient (Wildman–Crippen LogP) is 0.952. The summed E-state index contributed by atoms with van der Waals surface area (Å²) in [6, 6.07) is 1.64. The minimum absolute atomic E-state index is 0.0994. The van der Waals surface area contributed by atoms with Crippen LogP contribution in [-0.2, 0) is 0 Å². The summed E-state index contributed by atoms with van der Waals surface area (Å²) >= 11 is 0. The van der Waals surface area contributed by atoms with Crippen molar-refractivity contribution in [1.82, 2.24) is 30.6 Å². The largest absolute Gasteiger partial charge is 0.478 e. The highest BCUT2D eigenvalue weighted by Crippen LogP contribution is 2.16. The van der Waals surface area contributed by atoms with Gasteiger partial charge in [0.1, 0.15) is 12.1 Å². The molecule has 0 saturated carbocycles. The van der Waals surface area contributed by atoms with Crippen LogP contribution in [0.25, 0.3) is 0 Å². The molecule has 2 aromatic heterocycles. The van der Waals surface area contributed by atoms with E-state index in [9.17, 15) is 0 Å². The van der Waals surface area contributed by atoms with E-state index in [0.717, 1.165) is 6.42 Å². The van der Waals surface area contributed by atoms with Crippen molar-refractivity contribution in [2.24, 2.45) is 0 Å². The van der Waals surface area contributed by atoms with E-state index in [4.69, 9.17) is 4.74 Å². The Morgan fingerprint density at radius 2 is 2.33 bits per heavy atom. The standard InChI is InChI=1S/C10H15N7O/c1-3-4-18-9-5-8(11-6-12-9)13-7(2)10-14-16-17-15-10/h5-7H,3-4H2,1-2H3,(H,11,12,13)(H,14,15,16,17). The molecule has 8 nitrogen and oxygen atoms in total. The Morgan fingerprint density at radius 3 is 3.06 bits per heavy atom. The van der Waals surface area contributed by atoms with E-state index in [1.54, 1.807) is 6.07 Å². The molecule has 0 fully saturated rings. The fraction of sp³-hybridized carbons (Fsp3) is 0.500. The van der Waals surface area contributed by atoms with Crippen LogP contribution in [0.2, 0.25) is 0 Å².